The van der Waals surface area contributed by atoms with Crippen LogP contribution in [0.2, 0.25) is 0 Å². The fraction of sp³-hybridized carbons (Fsp3) is 0.812. The van der Waals surface area contributed by atoms with Crippen molar-refractivity contribution in [2.75, 3.05) is 0 Å². The molecule has 0 unspecified atom stereocenters. The van der Waals surface area contributed by atoms with Crippen LogP contribution in [0.3, 0.4) is 0 Å². The van der Waals surface area contributed by atoms with Gasteiger partial charge in [-0.2, -0.15) is 0 Å². The summed E-state index contributed by atoms with van der Waals surface area (Å²) in [5.41, 5.74) is -0.628. The molecule has 1 N–H and O–H groups in total. The molecule has 0 aliphatic heterocycles. The predicted octanol–water partition coefficient (Wildman–Crippen LogP) is 2.73. The molecule has 1 fully saturated rings. The molecule has 1 aliphatic carbocycles. The lowest BCUT2D eigenvalue weighted by atomic mass is 9.98. The molecule has 0 aromatic heterocycles. The highest BCUT2D eigenvalue weighted by molar-refractivity contribution is 5.75. The van der Waals surface area contributed by atoms with Crippen molar-refractivity contribution in [3.63, 3.8) is 0 Å². The summed E-state index contributed by atoms with van der Waals surface area (Å²) in [6.07, 6.45) is 5.49. The number of carbonyl (C=O) groups is 3. The van der Waals surface area contributed by atoms with E-state index in [1.165, 1.54) is 6.42 Å². The average molecular weight is 313 g/mol. The molecule has 1 rings (SSSR count). The second-order valence-electron chi connectivity index (χ2n) is 6.68. The first-order chi connectivity index (χ1) is 10.3. The lowest BCUT2D eigenvalue weighted by molar-refractivity contribution is -0.150. The van der Waals surface area contributed by atoms with E-state index in [0.29, 0.717) is 6.29 Å². The standard InChI is InChI=1S/C16H27NO5/c1-16(2,3)22-15(20)17-12(11-18)9-10-14(19)21-13-7-5-4-6-8-13/h11-13H,4-10H2,1-3H3,(H,17,20)/t12-/m0/s1. The Morgan fingerprint density at radius 2 is 1.86 bits per heavy atom. The highest BCUT2D eigenvalue weighted by atomic mass is 16.6. The van der Waals surface area contributed by atoms with Gasteiger partial charge in [0, 0.05) is 6.42 Å². The van der Waals surface area contributed by atoms with Gasteiger partial charge in [-0.25, -0.2) is 4.79 Å². The van der Waals surface area contributed by atoms with E-state index in [4.69, 9.17) is 9.47 Å². The number of ether oxygens (including phenoxy) is 2. The average Bonchev–Trinajstić information content (AvgIpc) is 2.42. The minimum Gasteiger partial charge on any atom is -0.462 e. The molecule has 126 valence electrons. The van der Waals surface area contributed by atoms with E-state index < -0.39 is 17.7 Å². The maximum Gasteiger partial charge on any atom is 0.408 e. The Bertz CT molecular complexity index is 382. The number of aldehydes is 1. The third-order valence-corrected chi connectivity index (χ3v) is 3.38. The number of amides is 1. The number of hydrogen-bond acceptors (Lipinski definition) is 5. The van der Waals surface area contributed by atoms with Crippen LogP contribution in [0.15, 0.2) is 0 Å². The van der Waals surface area contributed by atoms with Gasteiger partial charge in [0.15, 0.2) is 0 Å². The molecule has 22 heavy (non-hydrogen) atoms. The van der Waals surface area contributed by atoms with E-state index in [1.54, 1.807) is 20.8 Å². The lowest BCUT2D eigenvalue weighted by Gasteiger charge is -2.23. The third kappa shape index (κ3) is 8.00. The summed E-state index contributed by atoms with van der Waals surface area (Å²) in [5.74, 6) is -0.315. The Balaban J connectivity index is 2.28. The van der Waals surface area contributed by atoms with Gasteiger partial charge in [0.1, 0.15) is 18.0 Å². The first-order valence-corrected chi connectivity index (χ1v) is 7.94. The van der Waals surface area contributed by atoms with Gasteiger partial charge in [0.25, 0.3) is 0 Å². The Hall–Kier alpha value is -1.59. The molecular weight excluding hydrogens is 286 g/mol. The summed E-state index contributed by atoms with van der Waals surface area (Å²) in [5, 5.41) is 2.45. The molecule has 1 aliphatic rings. The van der Waals surface area contributed by atoms with E-state index in [0.717, 1.165) is 25.7 Å². The Morgan fingerprint density at radius 3 is 2.41 bits per heavy atom. The van der Waals surface area contributed by atoms with Gasteiger partial charge in [0.2, 0.25) is 0 Å². The number of esters is 1. The molecule has 0 aromatic carbocycles. The second kappa shape index (κ2) is 8.76. The van der Waals surface area contributed by atoms with Crippen molar-refractivity contribution >= 4 is 18.3 Å². The van der Waals surface area contributed by atoms with E-state index in [9.17, 15) is 14.4 Å². The molecule has 0 spiro atoms. The van der Waals surface area contributed by atoms with Crippen LogP contribution in [0.1, 0.15) is 65.7 Å². The fourth-order valence-electron chi connectivity index (χ4n) is 2.33. The van der Waals surface area contributed by atoms with Gasteiger partial charge < -0.3 is 19.6 Å². The molecule has 1 saturated carbocycles. The van der Waals surface area contributed by atoms with Crippen LogP contribution in [0.5, 0.6) is 0 Å². The van der Waals surface area contributed by atoms with Crippen LogP contribution in [-0.4, -0.2) is 36.1 Å². The van der Waals surface area contributed by atoms with Gasteiger partial charge in [-0.3, -0.25) is 4.79 Å². The zero-order valence-electron chi connectivity index (χ0n) is 13.7. The lowest BCUT2D eigenvalue weighted by Crippen LogP contribution is -2.40. The zero-order chi connectivity index (χ0) is 16.6. The molecule has 0 bridgehead atoms. The molecule has 1 amide bonds. The summed E-state index contributed by atoms with van der Waals surface area (Å²) in [6.45, 7) is 5.22. The van der Waals surface area contributed by atoms with E-state index >= 15 is 0 Å². The first kappa shape index (κ1) is 18.5. The van der Waals surface area contributed by atoms with E-state index in [1.807, 2.05) is 0 Å². The molecule has 0 radical (unpaired) electrons. The fourth-order valence-corrected chi connectivity index (χ4v) is 2.33. The van der Waals surface area contributed by atoms with Crippen molar-refractivity contribution in [3.05, 3.63) is 0 Å². The SMILES string of the molecule is CC(C)(C)OC(=O)N[C@H](C=O)CCC(=O)OC1CCCCC1. The number of rotatable bonds is 6. The number of hydrogen-bond donors (Lipinski definition) is 1. The largest absolute Gasteiger partial charge is 0.462 e. The molecule has 6 nitrogen and oxygen atoms in total. The maximum atomic E-state index is 11.8. The maximum absolute atomic E-state index is 11.8. The number of alkyl carbamates (subject to hydrolysis) is 1. The Morgan fingerprint density at radius 1 is 1.23 bits per heavy atom. The van der Waals surface area contributed by atoms with E-state index in [2.05, 4.69) is 5.32 Å². The summed E-state index contributed by atoms with van der Waals surface area (Å²) >= 11 is 0. The highest BCUT2D eigenvalue weighted by Crippen LogP contribution is 2.20. The summed E-state index contributed by atoms with van der Waals surface area (Å²) < 4.78 is 10.4. The molecule has 6 heteroatoms. The summed E-state index contributed by atoms with van der Waals surface area (Å²) in [4.78, 5) is 34.3. The predicted molar refractivity (Wildman–Crippen MR) is 81.4 cm³/mol. The minimum absolute atomic E-state index is 0.00902. The van der Waals surface area contributed by atoms with Crippen LogP contribution < -0.4 is 5.32 Å². The van der Waals surface area contributed by atoms with Crippen LogP contribution in [-0.2, 0) is 19.1 Å². The topological polar surface area (TPSA) is 81.7 Å². The van der Waals surface area contributed by atoms with Gasteiger partial charge in [0.05, 0.1) is 6.04 Å². The van der Waals surface area contributed by atoms with Crippen LogP contribution >= 0.6 is 0 Å². The van der Waals surface area contributed by atoms with Gasteiger partial charge in [-0.1, -0.05) is 6.42 Å². The van der Waals surface area contributed by atoms with Gasteiger partial charge in [-0.15, -0.1) is 0 Å². The molecule has 0 aromatic rings. The molecule has 0 saturated heterocycles. The summed E-state index contributed by atoms with van der Waals surface area (Å²) in [6, 6.07) is -0.742. The van der Waals surface area contributed by atoms with Gasteiger partial charge in [-0.05, 0) is 52.9 Å². The molecule has 1 atom stereocenters. The van der Waals surface area contributed by atoms with Crippen molar-refractivity contribution in [3.8, 4) is 0 Å². The highest BCUT2D eigenvalue weighted by Gasteiger charge is 2.21. The van der Waals surface area contributed by atoms with Gasteiger partial charge >= 0.3 is 12.1 Å². The molecule has 0 heterocycles. The Kier molecular flexibility index (Phi) is 7.35. The van der Waals surface area contributed by atoms with Crippen molar-refractivity contribution in [2.45, 2.75) is 83.5 Å². The minimum atomic E-state index is -0.742. The first-order valence-electron chi connectivity index (χ1n) is 7.94. The van der Waals surface area contributed by atoms with Crippen LogP contribution in [0.25, 0.3) is 0 Å². The van der Waals surface area contributed by atoms with Crippen molar-refractivity contribution in [1.82, 2.24) is 5.32 Å². The molecular formula is C16H27NO5. The van der Waals surface area contributed by atoms with Crippen LogP contribution in [0.4, 0.5) is 4.79 Å². The third-order valence-electron chi connectivity index (χ3n) is 3.38. The van der Waals surface area contributed by atoms with Crippen molar-refractivity contribution < 1.29 is 23.9 Å². The van der Waals surface area contributed by atoms with Crippen LogP contribution in [0, 0.1) is 0 Å². The zero-order valence-corrected chi connectivity index (χ0v) is 13.7. The Labute approximate surface area is 131 Å². The monoisotopic (exact) mass is 313 g/mol. The second-order valence-corrected chi connectivity index (χ2v) is 6.68. The van der Waals surface area contributed by atoms with E-state index in [-0.39, 0.29) is 24.9 Å². The van der Waals surface area contributed by atoms with Crippen molar-refractivity contribution in [1.29, 1.82) is 0 Å². The van der Waals surface area contributed by atoms with Crippen molar-refractivity contribution in [2.24, 2.45) is 0 Å². The quantitative estimate of drug-likeness (QED) is 0.602. The smallest absolute Gasteiger partial charge is 0.408 e. The number of nitrogens with one attached hydrogen (secondary N) is 1. The normalized spacial score (nSPS) is 17.4. The summed E-state index contributed by atoms with van der Waals surface area (Å²) in [7, 11) is 0. The number of carbonyl (C=O) groups excluding carboxylic acids is 3.